The first-order valence-corrected chi connectivity index (χ1v) is 11.3. The SMILES string of the molecule is O=[N+]([O-])C1C(c2ccccc2)Oc2ccccc2C1c1c(-c2ccccc2)[nH]c2ccccc12. The highest BCUT2D eigenvalue weighted by Crippen LogP contribution is 2.50. The number of fused-ring (bicyclic) bond motifs is 2. The molecule has 34 heavy (non-hydrogen) atoms. The maximum absolute atomic E-state index is 12.8. The fourth-order valence-electron chi connectivity index (χ4n) is 5.20. The van der Waals surface area contributed by atoms with Gasteiger partial charge in [-0.05, 0) is 23.3 Å². The quantitative estimate of drug-likeness (QED) is 0.245. The van der Waals surface area contributed by atoms with Gasteiger partial charge in [0.25, 0.3) is 6.04 Å². The van der Waals surface area contributed by atoms with Crippen LogP contribution < -0.4 is 4.74 Å². The average Bonchev–Trinajstić information content (AvgIpc) is 3.28. The third kappa shape index (κ3) is 3.25. The van der Waals surface area contributed by atoms with Crippen molar-refractivity contribution in [3.8, 4) is 17.0 Å². The van der Waals surface area contributed by atoms with Crippen LogP contribution in [-0.2, 0) is 0 Å². The van der Waals surface area contributed by atoms with E-state index in [1.807, 2.05) is 109 Å². The third-order valence-electron chi connectivity index (χ3n) is 6.65. The zero-order chi connectivity index (χ0) is 23.1. The highest BCUT2D eigenvalue weighted by molar-refractivity contribution is 5.92. The first kappa shape index (κ1) is 20.2. The van der Waals surface area contributed by atoms with Gasteiger partial charge in [0, 0.05) is 27.0 Å². The molecular formula is C29H22N2O3. The molecule has 0 fully saturated rings. The lowest BCUT2D eigenvalue weighted by Crippen LogP contribution is -2.40. The number of H-pyrrole nitrogens is 1. The maximum Gasteiger partial charge on any atom is 0.264 e. The molecule has 5 nitrogen and oxygen atoms in total. The van der Waals surface area contributed by atoms with Gasteiger partial charge >= 0.3 is 0 Å². The van der Waals surface area contributed by atoms with Gasteiger partial charge in [0.15, 0.2) is 6.10 Å². The summed E-state index contributed by atoms with van der Waals surface area (Å²) in [6.07, 6.45) is -0.714. The Morgan fingerprint density at radius 1 is 0.765 bits per heavy atom. The molecule has 2 heterocycles. The molecule has 6 rings (SSSR count). The number of nitrogens with zero attached hydrogens (tertiary/aromatic N) is 1. The number of nitro groups is 1. The molecule has 0 spiro atoms. The van der Waals surface area contributed by atoms with E-state index in [4.69, 9.17) is 4.74 Å². The number of rotatable bonds is 4. The van der Waals surface area contributed by atoms with E-state index in [9.17, 15) is 10.1 Å². The Labute approximate surface area is 196 Å². The van der Waals surface area contributed by atoms with Crippen molar-refractivity contribution in [2.24, 2.45) is 0 Å². The number of hydrogen-bond donors (Lipinski definition) is 1. The van der Waals surface area contributed by atoms with Crippen LogP contribution in [0, 0.1) is 10.1 Å². The predicted octanol–water partition coefficient (Wildman–Crippen LogP) is 6.75. The van der Waals surface area contributed by atoms with Crippen molar-refractivity contribution in [1.82, 2.24) is 4.98 Å². The molecule has 1 aliphatic rings. The zero-order valence-electron chi connectivity index (χ0n) is 18.3. The lowest BCUT2D eigenvalue weighted by Gasteiger charge is -2.35. The molecule has 0 radical (unpaired) electrons. The number of para-hydroxylation sites is 2. The lowest BCUT2D eigenvalue weighted by molar-refractivity contribution is -0.538. The molecule has 0 aliphatic carbocycles. The van der Waals surface area contributed by atoms with Crippen LogP contribution in [0.1, 0.15) is 28.7 Å². The van der Waals surface area contributed by atoms with Gasteiger partial charge in [0.05, 0.1) is 11.6 Å². The third-order valence-corrected chi connectivity index (χ3v) is 6.65. The van der Waals surface area contributed by atoms with Gasteiger partial charge in [0.1, 0.15) is 5.75 Å². The van der Waals surface area contributed by atoms with E-state index in [1.165, 1.54) is 0 Å². The van der Waals surface area contributed by atoms with Crippen LogP contribution >= 0.6 is 0 Å². The van der Waals surface area contributed by atoms with E-state index in [2.05, 4.69) is 4.98 Å². The Bertz CT molecular complexity index is 1480. The summed E-state index contributed by atoms with van der Waals surface area (Å²) in [4.78, 5) is 16.1. The lowest BCUT2D eigenvalue weighted by atomic mass is 9.77. The Morgan fingerprint density at radius 2 is 1.41 bits per heavy atom. The first-order valence-electron chi connectivity index (χ1n) is 11.3. The number of aromatic nitrogens is 1. The predicted molar refractivity (Wildman–Crippen MR) is 133 cm³/mol. The molecule has 5 aromatic rings. The topological polar surface area (TPSA) is 68.2 Å². The summed E-state index contributed by atoms with van der Waals surface area (Å²) < 4.78 is 6.33. The summed E-state index contributed by atoms with van der Waals surface area (Å²) in [5.74, 6) is 0.181. The molecule has 166 valence electrons. The number of aromatic amines is 1. The van der Waals surface area contributed by atoms with Crippen LogP contribution in [0.4, 0.5) is 0 Å². The summed E-state index contributed by atoms with van der Waals surface area (Å²) in [5, 5.41) is 13.7. The van der Waals surface area contributed by atoms with Crippen LogP contribution in [0.15, 0.2) is 109 Å². The molecule has 3 atom stereocenters. The van der Waals surface area contributed by atoms with Gasteiger partial charge in [-0.1, -0.05) is 97.1 Å². The van der Waals surface area contributed by atoms with Crippen LogP contribution in [0.25, 0.3) is 22.2 Å². The summed E-state index contributed by atoms with van der Waals surface area (Å²) in [7, 11) is 0. The van der Waals surface area contributed by atoms with Crippen molar-refractivity contribution in [3.63, 3.8) is 0 Å². The highest BCUT2D eigenvalue weighted by Gasteiger charge is 2.49. The Morgan fingerprint density at radius 3 is 2.18 bits per heavy atom. The van der Waals surface area contributed by atoms with E-state index in [1.54, 1.807) is 0 Å². The monoisotopic (exact) mass is 446 g/mol. The van der Waals surface area contributed by atoms with Crippen molar-refractivity contribution in [3.05, 3.63) is 136 Å². The minimum Gasteiger partial charge on any atom is -0.478 e. The second kappa shape index (κ2) is 8.19. The standard InChI is InChI=1S/C29H22N2O3/c32-31(33)28-26(22-16-8-10-18-24(22)34-29(28)20-13-5-2-6-14-20)25-21-15-7-9-17-23(21)30-27(25)19-11-3-1-4-12-19/h1-18,26,28-30H. The van der Waals surface area contributed by atoms with Crippen LogP contribution in [0.3, 0.4) is 0 Å². The van der Waals surface area contributed by atoms with E-state index in [-0.39, 0.29) is 4.92 Å². The molecule has 0 saturated carbocycles. The van der Waals surface area contributed by atoms with Crippen LogP contribution in [0.5, 0.6) is 5.75 Å². The van der Waals surface area contributed by atoms with E-state index in [0.29, 0.717) is 5.75 Å². The summed E-state index contributed by atoms with van der Waals surface area (Å²) in [5.41, 5.74) is 5.42. The minimum atomic E-state index is -1.00. The fourth-order valence-corrected chi connectivity index (χ4v) is 5.20. The summed E-state index contributed by atoms with van der Waals surface area (Å²) in [6.45, 7) is 0. The smallest absolute Gasteiger partial charge is 0.264 e. The fraction of sp³-hybridized carbons (Fsp3) is 0.103. The van der Waals surface area contributed by atoms with Crippen LogP contribution in [0.2, 0.25) is 0 Å². The van der Waals surface area contributed by atoms with E-state index >= 15 is 0 Å². The average molecular weight is 447 g/mol. The molecular weight excluding hydrogens is 424 g/mol. The minimum absolute atomic E-state index is 0.172. The molecule has 0 saturated heterocycles. The number of nitrogens with one attached hydrogen (secondary N) is 1. The van der Waals surface area contributed by atoms with Gasteiger partial charge in [-0.2, -0.15) is 0 Å². The van der Waals surface area contributed by atoms with Gasteiger partial charge in [-0.3, -0.25) is 10.1 Å². The second-order valence-electron chi connectivity index (χ2n) is 8.57. The molecule has 1 aromatic heterocycles. The van der Waals surface area contributed by atoms with Crippen LogP contribution in [-0.4, -0.2) is 15.9 Å². The largest absolute Gasteiger partial charge is 0.478 e. The van der Waals surface area contributed by atoms with Gasteiger partial charge < -0.3 is 9.72 Å². The van der Waals surface area contributed by atoms with Gasteiger partial charge in [0.2, 0.25) is 0 Å². The Hall–Kier alpha value is -4.38. The molecule has 0 amide bonds. The van der Waals surface area contributed by atoms with Gasteiger partial charge in [-0.15, -0.1) is 0 Å². The van der Waals surface area contributed by atoms with E-state index in [0.717, 1.165) is 38.9 Å². The number of ether oxygens (including phenoxy) is 1. The highest BCUT2D eigenvalue weighted by atomic mass is 16.6. The second-order valence-corrected chi connectivity index (χ2v) is 8.57. The molecule has 3 unspecified atom stereocenters. The number of hydrogen-bond acceptors (Lipinski definition) is 3. The molecule has 4 aromatic carbocycles. The van der Waals surface area contributed by atoms with Crippen molar-refractivity contribution in [1.29, 1.82) is 0 Å². The first-order chi connectivity index (χ1) is 16.7. The van der Waals surface area contributed by atoms with Crippen molar-refractivity contribution < 1.29 is 9.66 Å². The molecule has 0 bridgehead atoms. The summed E-state index contributed by atoms with van der Waals surface area (Å²) >= 11 is 0. The van der Waals surface area contributed by atoms with Crippen molar-refractivity contribution >= 4 is 10.9 Å². The van der Waals surface area contributed by atoms with Gasteiger partial charge in [-0.25, -0.2) is 0 Å². The molecule has 1 aliphatic heterocycles. The maximum atomic E-state index is 12.8. The zero-order valence-corrected chi connectivity index (χ0v) is 18.3. The van der Waals surface area contributed by atoms with Crippen molar-refractivity contribution in [2.75, 3.05) is 0 Å². The van der Waals surface area contributed by atoms with E-state index < -0.39 is 18.1 Å². The Kier molecular flexibility index (Phi) is 4.88. The Balaban J connectivity index is 1.67. The molecule has 5 heteroatoms. The molecule has 1 N–H and O–H groups in total. The van der Waals surface area contributed by atoms with Crippen molar-refractivity contribution in [2.45, 2.75) is 18.1 Å². The normalized spacial score (nSPS) is 19.4. The number of benzene rings is 4. The summed E-state index contributed by atoms with van der Waals surface area (Å²) in [6, 6.07) is 34.2.